The van der Waals surface area contributed by atoms with Gasteiger partial charge in [-0.15, -0.1) is 0 Å². The third kappa shape index (κ3) is 3.72. The van der Waals surface area contributed by atoms with E-state index in [9.17, 15) is 14.4 Å². The summed E-state index contributed by atoms with van der Waals surface area (Å²) in [5, 5.41) is 2.98. The highest BCUT2D eigenvalue weighted by atomic mass is 35.5. The minimum Gasteiger partial charge on any atom is -0.452 e. The molecule has 6 nitrogen and oxygen atoms in total. The Bertz CT molecular complexity index is 576. The zero-order chi connectivity index (χ0) is 15.4. The van der Waals surface area contributed by atoms with Crippen LogP contribution in [0.2, 0.25) is 5.02 Å². The normalized spacial score (nSPS) is 15.5. The Morgan fingerprint density at radius 2 is 2.14 bits per heavy atom. The summed E-state index contributed by atoms with van der Waals surface area (Å²) in [6, 6.07) is 6.44. The molecule has 0 spiro atoms. The van der Waals surface area contributed by atoms with E-state index in [1.807, 2.05) is 0 Å². The van der Waals surface area contributed by atoms with Crippen LogP contribution in [0.1, 0.15) is 12.5 Å². The molecule has 7 heteroatoms. The molecule has 112 valence electrons. The first-order valence-electron chi connectivity index (χ1n) is 6.51. The SMILES string of the molecule is C[C@@H](OC(=O)Cc1ccccc1Cl)C(=O)N1CCNC1=O. The number of benzene rings is 1. The Balaban J connectivity index is 1.91. The number of hydrogen-bond donors (Lipinski definition) is 1. The number of urea groups is 1. The number of amides is 3. The second kappa shape index (κ2) is 6.58. The highest BCUT2D eigenvalue weighted by Gasteiger charge is 2.31. The van der Waals surface area contributed by atoms with E-state index in [1.54, 1.807) is 24.3 Å². The van der Waals surface area contributed by atoms with Gasteiger partial charge in [0.15, 0.2) is 6.10 Å². The maximum atomic E-state index is 12.0. The van der Waals surface area contributed by atoms with Gasteiger partial charge in [0, 0.05) is 18.1 Å². The second-order valence-corrected chi connectivity index (χ2v) is 5.03. The summed E-state index contributed by atoms with van der Waals surface area (Å²) < 4.78 is 5.06. The van der Waals surface area contributed by atoms with Crippen LogP contribution in [0.15, 0.2) is 24.3 Å². The molecular weight excluding hydrogens is 296 g/mol. The predicted molar refractivity (Wildman–Crippen MR) is 75.8 cm³/mol. The zero-order valence-electron chi connectivity index (χ0n) is 11.5. The van der Waals surface area contributed by atoms with Gasteiger partial charge < -0.3 is 10.1 Å². The molecule has 0 aliphatic carbocycles. The molecule has 1 aliphatic rings. The highest BCUT2D eigenvalue weighted by molar-refractivity contribution is 6.31. The van der Waals surface area contributed by atoms with Crippen molar-refractivity contribution in [2.75, 3.05) is 13.1 Å². The summed E-state index contributed by atoms with van der Waals surface area (Å²) in [5.41, 5.74) is 0.628. The standard InChI is InChI=1S/C14H15ClN2O4/c1-9(13(19)17-7-6-16-14(17)20)21-12(18)8-10-4-2-3-5-11(10)15/h2-5,9H,6-8H2,1H3,(H,16,20)/t9-/m1/s1. The molecule has 0 bridgehead atoms. The van der Waals surface area contributed by atoms with E-state index in [4.69, 9.17) is 16.3 Å². The Kier molecular flexibility index (Phi) is 4.80. The molecule has 1 saturated heterocycles. The van der Waals surface area contributed by atoms with Crippen molar-refractivity contribution in [2.24, 2.45) is 0 Å². The first-order valence-corrected chi connectivity index (χ1v) is 6.89. The number of halogens is 1. The average Bonchev–Trinajstić information content (AvgIpc) is 2.86. The van der Waals surface area contributed by atoms with Gasteiger partial charge in [-0.25, -0.2) is 4.79 Å². The molecular formula is C14H15ClN2O4. The van der Waals surface area contributed by atoms with Crippen molar-refractivity contribution in [3.63, 3.8) is 0 Å². The predicted octanol–water partition coefficient (Wildman–Crippen LogP) is 1.37. The summed E-state index contributed by atoms with van der Waals surface area (Å²) >= 11 is 5.95. The summed E-state index contributed by atoms with van der Waals surface area (Å²) in [6.45, 7) is 2.13. The Hall–Kier alpha value is -2.08. The van der Waals surface area contributed by atoms with Gasteiger partial charge in [0.05, 0.1) is 6.42 Å². The number of rotatable bonds is 4. The molecule has 1 heterocycles. The van der Waals surface area contributed by atoms with Crippen molar-refractivity contribution in [1.29, 1.82) is 0 Å². The number of nitrogens with one attached hydrogen (secondary N) is 1. The van der Waals surface area contributed by atoms with Crippen molar-refractivity contribution < 1.29 is 19.1 Å². The Labute approximate surface area is 127 Å². The molecule has 2 rings (SSSR count). The lowest BCUT2D eigenvalue weighted by Crippen LogP contribution is -2.42. The van der Waals surface area contributed by atoms with Gasteiger partial charge >= 0.3 is 12.0 Å². The molecule has 1 aromatic carbocycles. The first kappa shape index (κ1) is 15.3. The number of imide groups is 1. The summed E-state index contributed by atoms with van der Waals surface area (Å²) in [7, 11) is 0. The minimum atomic E-state index is -1.01. The van der Waals surface area contributed by atoms with Crippen LogP contribution < -0.4 is 5.32 Å². The van der Waals surface area contributed by atoms with Crippen LogP contribution in [0.4, 0.5) is 4.79 Å². The molecule has 0 unspecified atom stereocenters. The molecule has 0 aromatic heterocycles. The van der Waals surface area contributed by atoms with Crippen LogP contribution in [0.25, 0.3) is 0 Å². The molecule has 1 N–H and O–H groups in total. The molecule has 1 fully saturated rings. The lowest BCUT2D eigenvalue weighted by Gasteiger charge is -2.18. The second-order valence-electron chi connectivity index (χ2n) is 4.62. The average molecular weight is 311 g/mol. The van der Waals surface area contributed by atoms with Gasteiger partial charge in [0.1, 0.15) is 0 Å². The van der Waals surface area contributed by atoms with Gasteiger partial charge in [-0.2, -0.15) is 0 Å². The molecule has 1 aliphatic heterocycles. The fraction of sp³-hybridized carbons (Fsp3) is 0.357. The van der Waals surface area contributed by atoms with Crippen LogP contribution in [-0.2, 0) is 20.7 Å². The van der Waals surface area contributed by atoms with Gasteiger partial charge in [0.2, 0.25) is 0 Å². The Morgan fingerprint density at radius 3 is 2.76 bits per heavy atom. The first-order chi connectivity index (χ1) is 9.99. The monoisotopic (exact) mass is 310 g/mol. The smallest absolute Gasteiger partial charge is 0.324 e. The molecule has 1 aromatic rings. The summed E-state index contributed by atoms with van der Waals surface area (Å²) in [5.74, 6) is -1.10. The van der Waals surface area contributed by atoms with Crippen molar-refractivity contribution in [3.8, 4) is 0 Å². The van der Waals surface area contributed by atoms with E-state index in [1.165, 1.54) is 6.92 Å². The summed E-state index contributed by atoms with van der Waals surface area (Å²) in [4.78, 5) is 36.2. The third-order valence-electron chi connectivity index (χ3n) is 3.07. The van der Waals surface area contributed by atoms with Crippen LogP contribution in [0.5, 0.6) is 0 Å². The van der Waals surface area contributed by atoms with Crippen LogP contribution in [-0.4, -0.2) is 42.0 Å². The van der Waals surface area contributed by atoms with Gasteiger partial charge in [0.25, 0.3) is 5.91 Å². The van der Waals surface area contributed by atoms with E-state index in [0.29, 0.717) is 17.1 Å². The van der Waals surface area contributed by atoms with Crippen LogP contribution >= 0.6 is 11.6 Å². The third-order valence-corrected chi connectivity index (χ3v) is 3.44. The molecule has 21 heavy (non-hydrogen) atoms. The molecule has 3 amide bonds. The zero-order valence-corrected chi connectivity index (χ0v) is 12.2. The topological polar surface area (TPSA) is 75.7 Å². The number of nitrogens with zero attached hydrogens (tertiary/aromatic N) is 1. The fourth-order valence-electron chi connectivity index (χ4n) is 1.99. The number of carbonyl (C=O) groups excluding carboxylic acids is 3. The van der Waals surface area contributed by atoms with Gasteiger partial charge in [-0.1, -0.05) is 29.8 Å². The number of carbonyl (C=O) groups is 3. The van der Waals surface area contributed by atoms with Gasteiger partial charge in [-0.3, -0.25) is 14.5 Å². The van der Waals surface area contributed by atoms with E-state index < -0.39 is 24.0 Å². The number of ether oxygens (including phenoxy) is 1. The Morgan fingerprint density at radius 1 is 1.43 bits per heavy atom. The largest absolute Gasteiger partial charge is 0.452 e. The van der Waals surface area contributed by atoms with Crippen molar-refractivity contribution >= 4 is 29.5 Å². The van der Waals surface area contributed by atoms with Crippen LogP contribution in [0.3, 0.4) is 0 Å². The quantitative estimate of drug-likeness (QED) is 0.852. The highest BCUT2D eigenvalue weighted by Crippen LogP contribution is 2.16. The molecule has 1 atom stereocenters. The molecule has 0 saturated carbocycles. The fourth-order valence-corrected chi connectivity index (χ4v) is 2.19. The minimum absolute atomic E-state index is 0.0243. The van der Waals surface area contributed by atoms with Crippen LogP contribution in [0, 0.1) is 0 Å². The van der Waals surface area contributed by atoms with Gasteiger partial charge in [-0.05, 0) is 18.6 Å². The maximum Gasteiger partial charge on any atom is 0.324 e. The van der Waals surface area contributed by atoms with Crippen molar-refractivity contribution in [3.05, 3.63) is 34.9 Å². The van der Waals surface area contributed by atoms with Crippen molar-refractivity contribution in [1.82, 2.24) is 10.2 Å². The van der Waals surface area contributed by atoms with E-state index >= 15 is 0 Å². The summed E-state index contributed by atoms with van der Waals surface area (Å²) in [6.07, 6.45) is -1.03. The molecule has 0 radical (unpaired) electrons. The van der Waals surface area contributed by atoms with E-state index in [2.05, 4.69) is 5.32 Å². The lowest BCUT2D eigenvalue weighted by atomic mass is 10.1. The van der Waals surface area contributed by atoms with E-state index in [-0.39, 0.29) is 13.0 Å². The lowest BCUT2D eigenvalue weighted by molar-refractivity contribution is -0.156. The maximum absolute atomic E-state index is 12.0. The van der Waals surface area contributed by atoms with E-state index in [0.717, 1.165) is 4.90 Å². The number of esters is 1. The number of hydrogen-bond acceptors (Lipinski definition) is 4. The van der Waals surface area contributed by atoms with Crippen molar-refractivity contribution in [2.45, 2.75) is 19.4 Å².